The molecule has 0 radical (unpaired) electrons. The molecule has 10 heteroatoms. The van der Waals surface area contributed by atoms with Gasteiger partial charge in [-0.25, -0.2) is 8.42 Å². The number of nitrogens with one attached hydrogen (secondary N) is 1. The summed E-state index contributed by atoms with van der Waals surface area (Å²) < 4.78 is 25.3. The largest absolute Gasteiger partial charge is 0.296 e. The lowest BCUT2D eigenvalue weighted by Gasteiger charge is -2.20. The molecule has 0 saturated heterocycles. The van der Waals surface area contributed by atoms with Crippen LogP contribution in [-0.4, -0.2) is 44.1 Å². The van der Waals surface area contributed by atoms with Crippen molar-refractivity contribution in [1.82, 2.24) is 10.2 Å². The highest BCUT2D eigenvalue weighted by Crippen LogP contribution is 2.26. The SMILES string of the molecule is CSc1nnc(NC(=O)c2cccc(N(C)S(C)(=O)=O)c2C)s1. The second kappa shape index (κ2) is 6.85. The Morgan fingerprint density at radius 1 is 1.35 bits per heavy atom. The lowest BCUT2D eigenvalue weighted by atomic mass is 10.1. The molecule has 124 valence electrons. The maximum atomic E-state index is 12.4. The number of sulfonamides is 1. The van der Waals surface area contributed by atoms with Gasteiger partial charge in [-0.15, -0.1) is 10.2 Å². The first-order chi connectivity index (χ1) is 10.7. The Kier molecular flexibility index (Phi) is 5.27. The van der Waals surface area contributed by atoms with Crippen molar-refractivity contribution in [2.45, 2.75) is 11.3 Å². The van der Waals surface area contributed by atoms with Crippen molar-refractivity contribution in [3.05, 3.63) is 29.3 Å². The average molecular weight is 372 g/mol. The normalized spacial score (nSPS) is 11.3. The van der Waals surface area contributed by atoms with Gasteiger partial charge in [0.15, 0.2) is 4.34 Å². The van der Waals surface area contributed by atoms with Gasteiger partial charge in [0.1, 0.15) is 0 Å². The molecule has 23 heavy (non-hydrogen) atoms. The van der Waals surface area contributed by atoms with Gasteiger partial charge in [0, 0.05) is 12.6 Å². The summed E-state index contributed by atoms with van der Waals surface area (Å²) in [5.74, 6) is -0.352. The van der Waals surface area contributed by atoms with Crippen molar-refractivity contribution in [3.8, 4) is 0 Å². The predicted molar refractivity (Wildman–Crippen MR) is 94.1 cm³/mol. The highest BCUT2D eigenvalue weighted by atomic mass is 32.2. The second-order valence-corrected chi connectivity index (χ2v) is 8.76. The minimum absolute atomic E-state index is 0.352. The molecule has 2 rings (SSSR count). The van der Waals surface area contributed by atoms with E-state index in [1.54, 1.807) is 25.1 Å². The number of thioether (sulfide) groups is 1. The summed E-state index contributed by atoms with van der Waals surface area (Å²) in [7, 11) is -1.95. The molecule has 1 aromatic carbocycles. The van der Waals surface area contributed by atoms with Crippen LogP contribution in [0.25, 0.3) is 0 Å². The van der Waals surface area contributed by atoms with E-state index in [2.05, 4.69) is 15.5 Å². The van der Waals surface area contributed by atoms with E-state index in [0.717, 1.165) is 14.9 Å². The Hall–Kier alpha value is -1.65. The molecule has 0 spiro atoms. The fourth-order valence-corrected chi connectivity index (χ4v) is 3.62. The van der Waals surface area contributed by atoms with Crippen LogP contribution in [0, 0.1) is 6.92 Å². The zero-order valence-electron chi connectivity index (χ0n) is 13.0. The molecule has 1 heterocycles. The van der Waals surface area contributed by atoms with E-state index in [4.69, 9.17) is 0 Å². The lowest BCUT2D eigenvalue weighted by Crippen LogP contribution is -2.26. The predicted octanol–water partition coefficient (Wildman–Crippen LogP) is 2.22. The fourth-order valence-electron chi connectivity index (χ4n) is 1.90. The highest BCUT2D eigenvalue weighted by Gasteiger charge is 2.19. The van der Waals surface area contributed by atoms with Crippen LogP contribution >= 0.6 is 23.1 Å². The zero-order valence-corrected chi connectivity index (χ0v) is 15.5. The molecule has 0 aliphatic heterocycles. The molecule has 0 fully saturated rings. The van der Waals surface area contributed by atoms with E-state index in [0.29, 0.717) is 21.9 Å². The van der Waals surface area contributed by atoms with Crippen LogP contribution in [0.15, 0.2) is 22.5 Å². The van der Waals surface area contributed by atoms with Crippen LogP contribution in [-0.2, 0) is 10.0 Å². The van der Waals surface area contributed by atoms with Gasteiger partial charge in [-0.3, -0.25) is 14.4 Å². The first-order valence-electron chi connectivity index (χ1n) is 6.46. The summed E-state index contributed by atoms with van der Waals surface area (Å²) in [5.41, 5.74) is 1.42. The van der Waals surface area contributed by atoms with Gasteiger partial charge < -0.3 is 0 Å². The lowest BCUT2D eigenvalue weighted by molar-refractivity contribution is 0.102. The second-order valence-electron chi connectivity index (χ2n) is 4.71. The smallest absolute Gasteiger partial charge is 0.257 e. The molecular formula is C13H16N4O3S3. The van der Waals surface area contributed by atoms with Crippen molar-refractivity contribution in [1.29, 1.82) is 0 Å². The molecule has 0 saturated carbocycles. The Balaban J connectivity index is 2.31. The third-order valence-corrected chi connectivity index (χ3v) is 6.19. The van der Waals surface area contributed by atoms with Crippen molar-refractivity contribution in [2.75, 3.05) is 29.2 Å². The Morgan fingerprint density at radius 3 is 2.61 bits per heavy atom. The van der Waals surface area contributed by atoms with E-state index >= 15 is 0 Å². The minimum atomic E-state index is -3.40. The standard InChI is InChI=1S/C13H16N4O3S3/c1-8-9(6-5-7-10(8)17(2)23(4,19)20)11(18)14-12-15-16-13(21-3)22-12/h5-7H,1-4H3,(H,14,15,18). The molecule has 0 unspecified atom stereocenters. The number of rotatable bonds is 5. The Bertz CT molecular complexity index is 833. The summed E-state index contributed by atoms with van der Waals surface area (Å²) in [6, 6.07) is 4.94. The summed E-state index contributed by atoms with van der Waals surface area (Å²) in [5, 5.41) is 10.9. The van der Waals surface area contributed by atoms with Crippen molar-refractivity contribution in [2.24, 2.45) is 0 Å². The third kappa shape index (κ3) is 4.01. The molecular weight excluding hydrogens is 356 g/mol. The monoisotopic (exact) mass is 372 g/mol. The van der Waals surface area contributed by atoms with E-state index < -0.39 is 10.0 Å². The molecule has 0 aliphatic rings. The van der Waals surface area contributed by atoms with Gasteiger partial charge in [-0.1, -0.05) is 29.2 Å². The summed E-state index contributed by atoms with van der Waals surface area (Å²) >= 11 is 2.72. The number of aromatic nitrogens is 2. The first kappa shape index (κ1) is 17.7. The highest BCUT2D eigenvalue weighted by molar-refractivity contribution is 8.00. The van der Waals surface area contributed by atoms with Crippen LogP contribution in [0.4, 0.5) is 10.8 Å². The van der Waals surface area contributed by atoms with Gasteiger partial charge in [-0.2, -0.15) is 0 Å². The van der Waals surface area contributed by atoms with Crippen molar-refractivity contribution in [3.63, 3.8) is 0 Å². The number of hydrogen-bond acceptors (Lipinski definition) is 7. The van der Waals surface area contributed by atoms with Crippen molar-refractivity contribution >= 4 is 49.8 Å². The molecule has 2 aromatic rings. The Morgan fingerprint density at radius 2 is 2.04 bits per heavy atom. The number of benzene rings is 1. The van der Waals surface area contributed by atoms with Crippen LogP contribution < -0.4 is 9.62 Å². The molecule has 1 N–H and O–H groups in total. The zero-order chi connectivity index (χ0) is 17.2. The number of anilines is 2. The van der Waals surface area contributed by atoms with Gasteiger partial charge in [0.25, 0.3) is 5.91 Å². The minimum Gasteiger partial charge on any atom is -0.296 e. The van der Waals surface area contributed by atoms with E-state index in [1.165, 1.54) is 30.1 Å². The molecule has 1 amide bonds. The van der Waals surface area contributed by atoms with Crippen LogP contribution in [0.2, 0.25) is 0 Å². The summed E-state index contributed by atoms with van der Waals surface area (Å²) in [4.78, 5) is 12.4. The number of carbonyl (C=O) groups excluding carboxylic acids is 1. The maximum absolute atomic E-state index is 12.4. The van der Waals surface area contributed by atoms with Gasteiger partial charge in [0.2, 0.25) is 15.2 Å². The molecule has 7 nitrogen and oxygen atoms in total. The first-order valence-corrected chi connectivity index (χ1v) is 10.4. The summed E-state index contributed by atoms with van der Waals surface area (Å²) in [6.07, 6.45) is 2.99. The van der Waals surface area contributed by atoms with E-state index in [9.17, 15) is 13.2 Å². The molecule has 0 aliphatic carbocycles. The topological polar surface area (TPSA) is 92.3 Å². The number of amides is 1. The van der Waals surface area contributed by atoms with Crippen LogP contribution in [0.3, 0.4) is 0 Å². The maximum Gasteiger partial charge on any atom is 0.257 e. The van der Waals surface area contributed by atoms with Gasteiger partial charge in [0.05, 0.1) is 11.9 Å². The molecule has 1 aromatic heterocycles. The van der Waals surface area contributed by atoms with Crippen molar-refractivity contribution < 1.29 is 13.2 Å². The Labute approximate surface area is 143 Å². The van der Waals surface area contributed by atoms with E-state index in [-0.39, 0.29) is 5.91 Å². The molecule has 0 bridgehead atoms. The van der Waals surface area contributed by atoms with Crippen LogP contribution in [0.1, 0.15) is 15.9 Å². The molecule has 0 atom stereocenters. The van der Waals surface area contributed by atoms with Crippen LogP contribution in [0.5, 0.6) is 0 Å². The van der Waals surface area contributed by atoms with E-state index in [1.807, 2.05) is 6.26 Å². The quantitative estimate of drug-likeness (QED) is 0.639. The average Bonchev–Trinajstić information content (AvgIpc) is 2.93. The fraction of sp³-hybridized carbons (Fsp3) is 0.308. The number of hydrogen-bond donors (Lipinski definition) is 1. The number of nitrogens with zero attached hydrogens (tertiary/aromatic N) is 3. The van der Waals surface area contributed by atoms with Gasteiger partial charge >= 0.3 is 0 Å². The number of carbonyl (C=O) groups is 1. The summed E-state index contributed by atoms with van der Waals surface area (Å²) in [6.45, 7) is 1.71. The third-order valence-electron chi connectivity index (χ3n) is 3.19. The van der Waals surface area contributed by atoms with Gasteiger partial charge in [-0.05, 0) is 30.9 Å².